The van der Waals surface area contributed by atoms with Crippen LogP contribution in [0.15, 0.2) is 46.9 Å². The Labute approximate surface area is 170 Å². The number of halogens is 1. The van der Waals surface area contributed by atoms with Gasteiger partial charge >= 0.3 is 0 Å². The zero-order valence-electron chi connectivity index (χ0n) is 14.4. The van der Waals surface area contributed by atoms with Crippen LogP contribution in [0.25, 0.3) is 32.9 Å². The van der Waals surface area contributed by atoms with E-state index in [2.05, 4.69) is 26.2 Å². The fourth-order valence-electron chi connectivity index (χ4n) is 3.79. The number of hydrogen-bond acceptors (Lipinski definition) is 5. The number of nitro benzene ring substituents is 1. The zero-order valence-corrected chi connectivity index (χ0v) is 16.0. The lowest BCUT2D eigenvalue weighted by molar-refractivity contribution is -0.384. The van der Waals surface area contributed by atoms with Crippen molar-refractivity contribution >= 4 is 55.2 Å². The summed E-state index contributed by atoms with van der Waals surface area (Å²) < 4.78 is 0.425. The fraction of sp³-hybridized carbons (Fsp3) is 0. The van der Waals surface area contributed by atoms with Gasteiger partial charge in [0.25, 0.3) is 17.5 Å². The Morgan fingerprint density at radius 2 is 1.69 bits per heavy atom. The molecule has 1 aliphatic heterocycles. The maximum atomic E-state index is 12.6. The molecule has 0 fully saturated rings. The van der Waals surface area contributed by atoms with Crippen molar-refractivity contribution in [3.8, 4) is 16.9 Å². The van der Waals surface area contributed by atoms with Gasteiger partial charge in [0.15, 0.2) is 0 Å². The predicted octanol–water partition coefficient (Wildman–Crippen LogP) is 4.25. The second-order valence-corrected chi connectivity index (χ2v) is 7.51. The van der Waals surface area contributed by atoms with Crippen LogP contribution in [-0.2, 0) is 0 Å². The van der Waals surface area contributed by atoms with Gasteiger partial charge in [-0.05, 0) is 57.4 Å². The molecule has 1 aliphatic rings. The summed E-state index contributed by atoms with van der Waals surface area (Å²) in [6, 6.07) is 10.7. The summed E-state index contributed by atoms with van der Waals surface area (Å²) in [5.74, 6) is -1.03. The first-order valence-corrected chi connectivity index (χ1v) is 9.26. The lowest BCUT2D eigenvalue weighted by Crippen LogP contribution is -2.20. The molecule has 142 valence electrons. The Bertz CT molecular complexity index is 1420. The highest BCUT2D eigenvalue weighted by molar-refractivity contribution is 9.10. The Morgan fingerprint density at radius 3 is 2.41 bits per heavy atom. The number of fused-ring (bicyclic) bond motifs is 5. The average molecular weight is 452 g/mol. The molecule has 8 nitrogen and oxygen atoms in total. The molecule has 0 bridgehead atoms. The molecule has 1 aromatic heterocycles. The molecular formula is C20H10BrN3O5. The second kappa shape index (κ2) is 5.89. The molecule has 0 radical (unpaired) electrons. The highest BCUT2D eigenvalue weighted by Crippen LogP contribution is 2.41. The van der Waals surface area contributed by atoms with E-state index in [1.165, 1.54) is 30.3 Å². The number of hydrogen-bond donors (Lipinski definition) is 3. The first-order chi connectivity index (χ1) is 13.8. The maximum absolute atomic E-state index is 12.6. The van der Waals surface area contributed by atoms with Gasteiger partial charge in [0.05, 0.1) is 16.1 Å². The molecule has 0 aliphatic carbocycles. The third-order valence-electron chi connectivity index (χ3n) is 5.00. The smallest absolute Gasteiger partial charge is 0.270 e. The molecule has 29 heavy (non-hydrogen) atoms. The Hall–Kier alpha value is -3.72. The van der Waals surface area contributed by atoms with Crippen LogP contribution in [-0.4, -0.2) is 26.8 Å². The quantitative estimate of drug-likeness (QED) is 0.238. The van der Waals surface area contributed by atoms with Crippen molar-refractivity contribution in [3.63, 3.8) is 0 Å². The number of aromatic amines is 1. The number of carbonyl (C=O) groups excluding carboxylic acids is 2. The molecular weight excluding hydrogens is 442 g/mol. The fourth-order valence-corrected chi connectivity index (χ4v) is 4.37. The van der Waals surface area contributed by atoms with Gasteiger partial charge in [-0.1, -0.05) is 0 Å². The van der Waals surface area contributed by atoms with Crippen LogP contribution < -0.4 is 5.32 Å². The van der Waals surface area contributed by atoms with E-state index < -0.39 is 16.7 Å². The van der Waals surface area contributed by atoms with Crippen molar-refractivity contribution in [2.24, 2.45) is 0 Å². The molecule has 0 unspecified atom stereocenters. The molecule has 0 spiro atoms. The topological polar surface area (TPSA) is 125 Å². The summed E-state index contributed by atoms with van der Waals surface area (Å²) in [5, 5.41) is 24.4. The van der Waals surface area contributed by atoms with E-state index >= 15 is 0 Å². The van der Waals surface area contributed by atoms with Gasteiger partial charge in [0.2, 0.25) is 0 Å². The van der Waals surface area contributed by atoms with Gasteiger partial charge in [0.1, 0.15) is 5.75 Å². The highest BCUT2D eigenvalue weighted by atomic mass is 79.9. The van der Waals surface area contributed by atoms with E-state index in [9.17, 15) is 24.8 Å². The van der Waals surface area contributed by atoms with Gasteiger partial charge in [-0.2, -0.15) is 0 Å². The SMILES string of the molecule is O=C1NC(=O)c2c1c(-c1ccc([N+](=O)[O-])cc1Br)cc1[nH]c3ccc(O)cc3c21. The summed E-state index contributed by atoms with van der Waals surface area (Å²) in [6.45, 7) is 0. The minimum absolute atomic E-state index is 0.0408. The van der Waals surface area contributed by atoms with Crippen molar-refractivity contribution in [1.82, 2.24) is 10.3 Å². The van der Waals surface area contributed by atoms with Crippen molar-refractivity contribution in [3.05, 3.63) is 68.2 Å². The number of H-pyrrole nitrogens is 1. The van der Waals surface area contributed by atoms with Crippen molar-refractivity contribution in [2.45, 2.75) is 0 Å². The van der Waals surface area contributed by atoms with Gasteiger partial charge in [-0.25, -0.2) is 0 Å². The molecule has 4 aromatic rings. The molecule has 2 amide bonds. The number of amides is 2. The number of aromatic nitrogens is 1. The average Bonchev–Trinajstić information content (AvgIpc) is 3.17. The number of nitrogens with one attached hydrogen (secondary N) is 2. The molecule has 0 saturated carbocycles. The Morgan fingerprint density at radius 1 is 0.931 bits per heavy atom. The number of phenols is 1. The number of nitrogens with zero attached hydrogens (tertiary/aromatic N) is 1. The third kappa shape index (κ3) is 2.44. The molecule has 5 rings (SSSR count). The van der Waals surface area contributed by atoms with E-state index in [0.29, 0.717) is 37.4 Å². The largest absolute Gasteiger partial charge is 0.508 e. The monoisotopic (exact) mass is 451 g/mol. The van der Waals surface area contributed by atoms with Crippen LogP contribution in [0.5, 0.6) is 5.75 Å². The molecule has 0 saturated heterocycles. The zero-order chi connectivity index (χ0) is 20.4. The van der Waals surface area contributed by atoms with Crippen molar-refractivity contribution in [2.75, 3.05) is 0 Å². The number of non-ortho nitro benzene ring substituents is 1. The van der Waals surface area contributed by atoms with E-state index in [-0.39, 0.29) is 22.6 Å². The summed E-state index contributed by atoms with van der Waals surface area (Å²) in [6.07, 6.45) is 0. The first kappa shape index (κ1) is 17.4. The van der Waals surface area contributed by atoms with E-state index in [4.69, 9.17) is 0 Å². The molecule has 0 atom stereocenters. The van der Waals surface area contributed by atoms with E-state index in [1.807, 2.05) is 0 Å². The maximum Gasteiger partial charge on any atom is 0.270 e. The highest BCUT2D eigenvalue weighted by Gasteiger charge is 2.34. The van der Waals surface area contributed by atoms with Crippen LogP contribution >= 0.6 is 15.9 Å². The standard InChI is InChI=1S/C20H10BrN3O5/c21-13-5-8(24(28)29)1-3-10(13)11-7-15-16(18-17(11)19(26)23-20(18)27)12-6-9(25)2-4-14(12)22-15/h1-7,22,25H,(H,23,26,27). The third-order valence-corrected chi connectivity index (χ3v) is 5.66. The number of phenolic OH excluding ortho intramolecular Hbond substituents is 1. The van der Waals surface area contributed by atoms with Crippen molar-refractivity contribution in [1.29, 1.82) is 0 Å². The number of imide groups is 1. The van der Waals surface area contributed by atoms with Crippen LogP contribution in [0.4, 0.5) is 5.69 Å². The summed E-state index contributed by atoms with van der Waals surface area (Å²) in [4.78, 5) is 39.0. The van der Waals surface area contributed by atoms with Gasteiger partial charge in [-0.3, -0.25) is 25.0 Å². The molecule has 3 aromatic carbocycles. The lowest BCUT2D eigenvalue weighted by atomic mass is 9.93. The minimum Gasteiger partial charge on any atom is -0.508 e. The molecule has 2 heterocycles. The summed E-state index contributed by atoms with van der Waals surface area (Å²) in [5.41, 5.74) is 2.63. The van der Waals surface area contributed by atoms with Crippen LogP contribution in [0.1, 0.15) is 20.7 Å². The van der Waals surface area contributed by atoms with E-state index in [0.717, 1.165) is 0 Å². The number of aromatic hydroxyl groups is 1. The number of carbonyl (C=O) groups is 2. The number of benzene rings is 3. The van der Waals surface area contributed by atoms with Crippen molar-refractivity contribution < 1.29 is 19.6 Å². The van der Waals surface area contributed by atoms with E-state index in [1.54, 1.807) is 12.1 Å². The normalized spacial score (nSPS) is 13.1. The second-order valence-electron chi connectivity index (χ2n) is 6.66. The van der Waals surface area contributed by atoms with Gasteiger partial charge in [-0.15, -0.1) is 0 Å². The molecule has 3 N–H and O–H groups in total. The summed E-state index contributed by atoms with van der Waals surface area (Å²) >= 11 is 3.34. The number of rotatable bonds is 2. The Balaban J connectivity index is 1.90. The first-order valence-electron chi connectivity index (χ1n) is 8.46. The Kier molecular flexibility index (Phi) is 3.53. The minimum atomic E-state index is -0.540. The van der Waals surface area contributed by atoms with Gasteiger partial charge < -0.3 is 10.1 Å². The van der Waals surface area contributed by atoms with Crippen LogP contribution in [0, 0.1) is 10.1 Å². The van der Waals surface area contributed by atoms with Crippen LogP contribution in [0.3, 0.4) is 0 Å². The predicted molar refractivity (Wildman–Crippen MR) is 109 cm³/mol. The number of nitro groups is 1. The lowest BCUT2D eigenvalue weighted by Gasteiger charge is -2.10. The summed E-state index contributed by atoms with van der Waals surface area (Å²) in [7, 11) is 0. The molecule has 9 heteroatoms. The van der Waals surface area contributed by atoms with Crippen LogP contribution in [0.2, 0.25) is 0 Å². The van der Waals surface area contributed by atoms with Gasteiger partial charge in [0, 0.05) is 38.4 Å².